The number of aromatic nitrogens is 1. The quantitative estimate of drug-likeness (QED) is 0.632. The number of carbonyl (C=O) groups is 1. The number of pyridine rings is 1. The van der Waals surface area contributed by atoms with Gasteiger partial charge >= 0.3 is 0 Å². The Morgan fingerprint density at radius 2 is 2.08 bits per heavy atom. The molecule has 1 aromatic carbocycles. The molecule has 2 N–H and O–H groups in total. The molecule has 0 saturated carbocycles. The van der Waals surface area contributed by atoms with E-state index in [1.54, 1.807) is 0 Å². The van der Waals surface area contributed by atoms with Gasteiger partial charge < -0.3 is 15.0 Å². The van der Waals surface area contributed by atoms with Crippen molar-refractivity contribution in [2.45, 2.75) is 6.92 Å². The highest BCUT2D eigenvalue weighted by Gasteiger charge is 2.22. The third kappa shape index (κ3) is 3.08. The summed E-state index contributed by atoms with van der Waals surface area (Å²) in [6.07, 6.45) is 1.81. The summed E-state index contributed by atoms with van der Waals surface area (Å²) in [5, 5.41) is 6.87. The van der Waals surface area contributed by atoms with Crippen molar-refractivity contribution in [3.63, 3.8) is 0 Å². The number of nitrogens with zero attached hydrogens (tertiary/aromatic N) is 2. The molecule has 2 aliphatic heterocycles. The van der Waals surface area contributed by atoms with E-state index in [0.29, 0.717) is 24.0 Å². The molecular formula is C18H18N4O2S. The molecule has 4 rings (SSSR count). The second-order valence-corrected chi connectivity index (χ2v) is 6.52. The number of thiocarbonyl (C=S) groups is 1. The van der Waals surface area contributed by atoms with Gasteiger partial charge in [0.05, 0.1) is 18.7 Å². The van der Waals surface area contributed by atoms with Crippen LogP contribution in [0.3, 0.4) is 0 Å². The normalized spacial score (nSPS) is 19.4. The van der Waals surface area contributed by atoms with Crippen molar-refractivity contribution in [1.82, 2.24) is 15.6 Å². The Bertz CT molecular complexity index is 903. The molecule has 2 saturated heterocycles. The first-order valence-electron chi connectivity index (χ1n) is 8.19. The highest BCUT2D eigenvalue weighted by Crippen LogP contribution is 2.28. The van der Waals surface area contributed by atoms with Gasteiger partial charge in [-0.05, 0) is 36.8 Å². The monoisotopic (exact) mass is 354 g/mol. The van der Waals surface area contributed by atoms with Crippen LogP contribution < -0.4 is 15.5 Å². The summed E-state index contributed by atoms with van der Waals surface area (Å²) < 4.78 is 5.46. The molecule has 0 bridgehead atoms. The summed E-state index contributed by atoms with van der Waals surface area (Å²) in [5.74, 6) is 0.646. The number of morpholine rings is 1. The number of anilines is 1. The minimum Gasteiger partial charge on any atom is -0.378 e. The number of ether oxygens (including phenoxy) is 1. The van der Waals surface area contributed by atoms with Crippen LogP contribution in [0.15, 0.2) is 30.0 Å². The summed E-state index contributed by atoms with van der Waals surface area (Å²) in [4.78, 5) is 19.1. The van der Waals surface area contributed by atoms with Crippen molar-refractivity contribution in [1.29, 1.82) is 0 Å². The van der Waals surface area contributed by atoms with Crippen molar-refractivity contribution < 1.29 is 9.53 Å². The van der Waals surface area contributed by atoms with Crippen LogP contribution in [0.25, 0.3) is 17.0 Å². The molecule has 2 aliphatic rings. The molecule has 6 nitrogen and oxygen atoms in total. The van der Waals surface area contributed by atoms with Crippen LogP contribution >= 0.6 is 12.2 Å². The maximum Gasteiger partial charge on any atom is 0.273 e. The summed E-state index contributed by atoms with van der Waals surface area (Å²) in [5.41, 5.74) is 3.44. The highest BCUT2D eigenvalue weighted by molar-refractivity contribution is 7.80. The average Bonchev–Trinajstić information content (AvgIpc) is 2.93. The molecule has 128 valence electrons. The van der Waals surface area contributed by atoms with Crippen molar-refractivity contribution in [3.05, 3.63) is 41.1 Å². The Morgan fingerprint density at radius 1 is 1.28 bits per heavy atom. The molecule has 1 amide bonds. The number of nitrogens with one attached hydrogen (secondary N) is 2. The third-order valence-corrected chi connectivity index (χ3v) is 4.59. The predicted molar refractivity (Wildman–Crippen MR) is 101 cm³/mol. The SMILES string of the molecule is Cc1cccc2cc(/C=C3\NC(=S)NC3=O)c(N3CCOCC3)nc12. The van der Waals surface area contributed by atoms with Crippen LogP contribution in [-0.4, -0.2) is 42.3 Å². The number of rotatable bonds is 2. The molecule has 2 aromatic rings. The summed E-state index contributed by atoms with van der Waals surface area (Å²) in [6, 6.07) is 8.18. The zero-order chi connectivity index (χ0) is 17.4. The third-order valence-electron chi connectivity index (χ3n) is 4.39. The zero-order valence-electron chi connectivity index (χ0n) is 13.8. The van der Waals surface area contributed by atoms with E-state index in [0.717, 1.165) is 40.9 Å². The van der Waals surface area contributed by atoms with Gasteiger partial charge in [-0.2, -0.15) is 0 Å². The first kappa shape index (κ1) is 16.0. The number of para-hydroxylation sites is 1. The van der Waals surface area contributed by atoms with Crippen molar-refractivity contribution in [2.75, 3.05) is 31.2 Å². The van der Waals surface area contributed by atoms with Gasteiger partial charge in [-0.1, -0.05) is 18.2 Å². The van der Waals surface area contributed by atoms with Crippen molar-refractivity contribution in [3.8, 4) is 0 Å². The molecule has 2 fully saturated rings. The first-order valence-corrected chi connectivity index (χ1v) is 8.60. The molecule has 0 aliphatic carbocycles. The van der Waals surface area contributed by atoms with Crippen molar-refractivity contribution in [2.24, 2.45) is 0 Å². The van der Waals surface area contributed by atoms with Gasteiger partial charge in [-0.15, -0.1) is 0 Å². The molecule has 3 heterocycles. The van der Waals surface area contributed by atoms with Crippen LogP contribution in [0, 0.1) is 6.92 Å². The van der Waals surface area contributed by atoms with E-state index in [9.17, 15) is 4.79 Å². The maximum atomic E-state index is 12.0. The van der Waals surface area contributed by atoms with Gasteiger partial charge in [0.1, 0.15) is 11.5 Å². The lowest BCUT2D eigenvalue weighted by Gasteiger charge is -2.29. The number of benzene rings is 1. The predicted octanol–water partition coefficient (Wildman–Crippen LogP) is 1.73. The van der Waals surface area contributed by atoms with Crippen LogP contribution in [-0.2, 0) is 9.53 Å². The lowest BCUT2D eigenvalue weighted by Crippen LogP contribution is -2.37. The summed E-state index contributed by atoms with van der Waals surface area (Å²) in [7, 11) is 0. The summed E-state index contributed by atoms with van der Waals surface area (Å²) >= 11 is 5.02. The van der Waals surface area contributed by atoms with E-state index in [1.807, 2.05) is 18.2 Å². The van der Waals surface area contributed by atoms with Crippen molar-refractivity contribution >= 4 is 46.0 Å². The van der Waals surface area contributed by atoms with Gasteiger partial charge in [0.25, 0.3) is 5.91 Å². The molecule has 0 spiro atoms. The van der Waals surface area contributed by atoms with Gasteiger partial charge in [-0.25, -0.2) is 4.98 Å². The fourth-order valence-corrected chi connectivity index (χ4v) is 3.33. The minimum absolute atomic E-state index is 0.220. The largest absolute Gasteiger partial charge is 0.378 e. The molecule has 25 heavy (non-hydrogen) atoms. The van der Waals surface area contributed by atoms with Gasteiger partial charge in [0.15, 0.2) is 5.11 Å². The van der Waals surface area contributed by atoms with Gasteiger partial charge in [0.2, 0.25) is 0 Å². The number of aryl methyl sites for hydroxylation is 1. The number of hydrogen-bond acceptors (Lipinski definition) is 5. The second-order valence-electron chi connectivity index (χ2n) is 6.11. The Labute approximate surface area is 150 Å². The number of fused-ring (bicyclic) bond motifs is 1. The van der Waals surface area contributed by atoms with Gasteiger partial charge in [-0.3, -0.25) is 10.1 Å². The molecule has 0 atom stereocenters. The number of amides is 1. The molecule has 0 unspecified atom stereocenters. The van der Waals surface area contributed by atoms with Crippen LogP contribution in [0.5, 0.6) is 0 Å². The fraction of sp³-hybridized carbons (Fsp3) is 0.278. The Morgan fingerprint density at radius 3 is 2.80 bits per heavy atom. The molecule has 1 aromatic heterocycles. The standard InChI is InChI=1S/C18H18N4O2S/c1-11-3-2-4-12-9-13(10-14-17(23)21-18(25)19-14)16(20-15(11)12)22-5-7-24-8-6-22/h2-4,9-10H,5-8H2,1H3,(H2,19,21,23,25)/b14-10-. The molecule has 7 heteroatoms. The van der Waals surface area contributed by atoms with E-state index in [-0.39, 0.29) is 5.91 Å². The number of carbonyl (C=O) groups excluding carboxylic acids is 1. The lowest BCUT2D eigenvalue weighted by molar-refractivity contribution is -0.115. The van der Waals surface area contributed by atoms with E-state index in [2.05, 4.69) is 34.6 Å². The highest BCUT2D eigenvalue weighted by atomic mass is 32.1. The zero-order valence-corrected chi connectivity index (χ0v) is 14.7. The summed E-state index contributed by atoms with van der Waals surface area (Å²) in [6.45, 7) is 4.96. The first-order chi connectivity index (χ1) is 12.1. The molecule has 0 radical (unpaired) electrons. The van der Waals surface area contributed by atoms with E-state index >= 15 is 0 Å². The van der Waals surface area contributed by atoms with E-state index in [4.69, 9.17) is 21.9 Å². The second kappa shape index (κ2) is 6.42. The van der Waals surface area contributed by atoms with Gasteiger partial charge in [0, 0.05) is 24.0 Å². The fourth-order valence-electron chi connectivity index (χ4n) is 3.13. The van der Waals surface area contributed by atoms with E-state index < -0.39 is 0 Å². The van der Waals surface area contributed by atoms with Crippen LogP contribution in [0.1, 0.15) is 11.1 Å². The number of hydrogen-bond donors (Lipinski definition) is 2. The Kier molecular flexibility index (Phi) is 4.10. The average molecular weight is 354 g/mol. The maximum absolute atomic E-state index is 12.0. The van der Waals surface area contributed by atoms with E-state index in [1.165, 1.54) is 0 Å². The Hall–Kier alpha value is -2.51. The molecular weight excluding hydrogens is 336 g/mol. The lowest BCUT2D eigenvalue weighted by atomic mass is 10.1. The van der Waals surface area contributed by atoms with Crippen LogP contribution in [0.4, 0.5) is 5.82 Å². The topological polar surface area (TPSA) is 66.5 Å². The Balaban J connectivity index is 1.87. The smallest absolute Gasteiger partial charge is 0.273 e. The van der Waals surface area contributed by atoms with Crippen LogP contribution in [0.2, 0.25) is 0 Å². The minimum atomic E-state index is -0.220.